The lowest BCUT2D eigenvalue weighted by atomic mass is 10.2. The average Bonchev–Trinajstić information content (AvgIpc) is 2.43. The number of nitrogens with one attached hydrogen (secondary N) is 1. The van der Waals surface area contributed by atoms with Crippen LogP contribution < -0.4 is 10.5 Å². The van der Waals surface area contributed by atoms with E-state index in [0.29, 0.717) is 16.3 Å². The number of rotatable bonds is 4. The monoisotopic (exact) mass is 364 g/mol. The molecular weight excluding hydrogens is 355 g/mol. The Morgan fingerprint density at radius 1 is 1.00 bits per heavy atom. The van der Waals surface area contributed by atoms with Crippen LogP contribution in [-0.4, -0.2) is 8.42 Å². The van der Waals surface area contributed by atoms with Gasteiger partial charge in [0.2, 0.25) is 0 Å². The number of hydrogen-bond acceptors (Lipinski definition) is 3. The van der Waals surface area contributed by atoms with Gasteiger partial charge in [0.05, 0.1) is 5.02 Å². The Bertz CT molecular complexity index is 762. The first-order valence-electron chi connectivity index (χ1n) is 5.80. The third kappa shape index (κ3) is 3.81. The zero-order chi connectivity index (χ0) is 15.6. The third-order valence-electron chi connectivity index (χ3n) is 2.69. The molecule has 0 unspecified atom stereocenters. The molecule has 2 aromatic rings. The molecule has 0 heterocycles. The number of sulfonamides is 1. The van der Waals surface area contributed by atoms with E-state index in [1.165, 1.54) is 12.1 Å². The molecular formula is C13H11Cl3N2O2S. The fraction of sp³-hybridized carbons (Fsp3) is 0.0769. The number of anilines is 1. The summed E-state index contributed by atoms with van der Waals surface area (Å²) in [6.07, 6.45) is 0. The average molecular weight is 366 g/mol. The lowest BCUT2D eigenvalue weighted by Crippen LogP contribution is -2.14. The molecule has 0 aromatic heterocycles. The molecule has 0 aliphatic rings. The van der Waals surface area contributed by atoms with E-state index in [2.05, 4.69) is 4.72 Å². The van der Waals surface area contributed by atoms with E-state index < -0.39 is 10.0 Å². The van der Waals surface area contributed by atoms with Crippen LogP contribution in [0.4, 0.5) is 5.69 Å². The van der Waals surface area contributed by atoms with Crippen molar-refractivity contribution in [3.8, 4) is 0 Å². The van der Waals surface area contributed by atoms with E-state index >= 15 is 0 Å². The molecule has 0 aliphatic heterocycles. The zero-order valence-electron chi connectivity index (χ0n) is 10.6. The number of nitrogens with two attached hydrogens (primary N) is 1. The third-order valence-corrected chi connectivity index (χ3v) is 5.12. The topological polar surface area (TPSA) is 72.2 Å². The molecule has 112 valence electrons. The first-order chi connectivity index (χ1) is 9.83. The first-order valence-corrected chi connectivity index (χ1v) is 8.41. The fourth-order valence-corrected chi connectivity index (χ4v) is 3.82. The smallest absolute Gasteiger partial charge is 0.263 e. The SMILES string of the molecule is NCc1cc(Cl)cc(S(=O)(=O)Nc2ccc(Cl)cc2)c1Cl. The number of halogens is 3. The Morgan fingerprint density at radius 2 is 1.62 bits per heavy atom. The maximum absolute atomic E-state index is 12.4. The summed E-state index contributed by atoms with van der Waals surface area (Å²) < 4.78 is 27.2. The molecule has 0 bridgehead atoms. The molecule has 0 radical (unpaired) electrons. The second kappa shape index (κ2) is 6.42. The predicted octanol–water partition coefficient (Wildman–Crippen LogP) is 3.91. The molecule has 21 heavy (non-hydrogen) atoms. The first kappa shape index (κ1) is 16.4. The summed E-state index contributed by atoms with van der Waals surface area (Å²) in [6, 6.07) is 9.05. The second-order valence-corrected chi connectivity index (χ2v) is 7.10. The van der Waals surface area contributed by atoms with Crippen LogP contribution in [0.15, 0.2) is 41.3 Å². The Hall–Kier alpha value is -0.980. The minimum atomic E-state index is -3.88. The predicted molar refractivity (Wildman–Crippen MR) is 86.6 cm³/mol. The zero-order valence-corrected chi connectivity index (χ0v) is 13.7. The van der Waals surface area contributed by atoms with Crippen LogP contribution >= 0.6 is 34.8 Å². The number of benzene rings is 2. The molecule has 0 aliphatic carbocycles. The highest BCUT2D eigenvalue weighted by molar-refractivity contribution is 7.92. The normalized spacial score (nSPS) is 11.4. The van der Waals surface area contributed by atoms with Crippen LogP contribution in [0.3, 0.4) is 0 Å². The Labute approximate surface area is 137 Å². The minimum Gasteiger partial charge on any atom is -0.326 e. The summed E-state index contributed by atoms with van der Waals surface area (Å²) >= 11 is 17.7. The summed E-state index contributed by atoms with van der Waals surface area (Å²) in [7, 11) is -3.88. The van der Waals surface area contributed by atoms with E-state index in [4.69, 9.17) is 40.5 Å². The van der Waals surface area contributed by atoms with Gasteiger partial charge in [-0.15, -0.1) is 0 Å². The van der Waals surface area contributed by atoms with Crippen LogP contribution in [-0.2, 0) is 16.6 Å². The summed E-state index contributed by atoms with van der Waals surface area (Å²) in [5, 5.41) is 0.809. The lowest BCUT2D eigenvalue weighted by Gasteiger charge is -2.12. The quantitative estimate of drug-likeness (QED) is 0.863. The van der Waals surface area contributed by atoms with Crippen LogP contribution in [0.5, 0.6) is 0 Å². The van der Waals surface area contributed by atoms with E-state index in [0.717, 1.165) is 0 Å². The van der Waals surface area contributed by atoms with Gasteiger partial charge in [-0.1, -0.05) is 34.8 Å². The minimum absolute atomic E-state index is 0.0587. The van der Waals surface area contributed by atoms with E-state index in [9.17, 15) is 8.42 Å². The molecule has 2 rings (SSSR count). The summed E-state index contributed by atoms with van der Waals surface area (Å²) in [5.41, 5.74) is 6.35. The summed E-state index contributed by atoms with van der Waals surface area (Å²) in [4.78, 5) is -0.118. The lowest BCUT2D eigenvalue weighted by molar-refractivity contribution is 0.601. The highest BCUT2D eigenvalue weighted by Crippen LogP contribution is 2.30. The molecule has 4 nitrogen and oxygen atoms in total. The molecule has 0 spiro atoms. The molecule has 0 saturated heterocycles. The highest BCUT2D eigenvalue weighted by Gasteiger charge is 2.21. The van der Waals surface area contributed by atoms with Crippen molar-refractivity contribution >= 4 is 50.5 Å². The Balaban J connectivity index is 2.44. The van der Waals surface area contributed by atoms with Crippen molar-refractivity contribution < 1.29 is 8.42 Å². The number of hydrogen-bond donors (Lipinski definition) is 2. The van der Waals surface area contributed by atoms with Crippen molar-refractivity contribution in [2.75, 3.05) is 4.72 Å². The van der Waals surface area contributed by atoms with Gasteiger partial charge in [0, 0.05) is 22.3 Å². The van der Waals surface area contributed by atoms with E-state index in [-0.39, 0.29) is 21.5 Å². The molecule has 0 amide bonds. The van der Waals surface area contributed by atoms with Gasteiger partial charge in [-0.2, -0.15) is 0 Å². The molecule has 3 N–H and O–H groups in total. The van der Waals surface area contributed by atoms with Gasteiger partial charge >= 0.3 is 0 Å². The van der Waals surface area contributed by atoms with Crippen molar-refractivity contribution in [2.45, 2.75) is 11.4 Å². The van der Waals surface area contributed by atoms with Crippen molar-refractivity contribution in [3.63, 3.8) is 0 Å². The van der Waals surface area contributed by atoms with Crippen LogP contribution in [0.25, 0.3) is 0 Å². The molecule has 0 fully saturated rings. The van der Waals surface area contributed by atoms with Gasteiger partial charge < -0.3 is 5.73 Å². The van der Waals surface area contributed by atoms with E-state index in [1.807, 2.05) is 0 Å². The highest BCUT2D eigenvalue weighted by atomic mass is 35.5. The molecule has 8 heteroatoms. The van der Waals surface area contributed by atoms with Crippen molar-refractivity contribution in [3.05, 3.63) is 57.0 Å². The summed E-state index contributed by atoms with van der Waals surface area (Å²) in [6.45, 7) is 0.0862. The van der Waals surface area contributed by atoms with Gasteiger partial charge in [-0.25, -0.2) is 8.42 Å². The van der Waals surface area contributed by atoms with Gasteiger partial charge in [0.15, 0.2) is 0 Å². The van der Waals surface area contributed by atoms with Crippen molar-refractivity contribution in [1.29, 1.82) is 0 Å². The molecule has 0 atom stereocenters. The maximum Gasteiger partial charge on any atom is 0.263 e. The van der Waals surface area contributed by atoms with Gasteiger partial charge in [-0.3, -0.25) is 4.72 Å². The van der Waals surface area contributed by atoms with E-state index in [1.54, 1.807) is 24.3 Å². The maximum atomic E-state index is 12.4. The van der Waals surface area contributed by atoms with Crippen LogP contribution in [0.2, 0.25) is 15.1 Å². The summed E-state index contributed by atoms with van der Waals surface area (Å²) in [5.74, 6) is 0. The Morgan fingerprint density at radius 3 is 2.19 bits per heavy atom. The fourth-order valence-electron chi connectivity index (χ4n) is 1.69. The van der Waals surface area contributed by atoms with Crippen LogP contribution in [0.1, 0.15) is 5.56 Å². The van der Waals surface area contributed by atoms with Crippen LogP contribution in [0, 0.1) is 0 Å². The Kier molecular flexibility index (Phi) is 5.01. The van der Waals surface area contributed by atoms with Crippen molar-refractivity contribution in [1.82, 2.24) is 0 Å². The standard InChI is InChI=1S/C13H11Cl3N2O2S/c14-9-1-3-11(4-2-9)18-21(19,20)12-6-10(15)5-8(7-17)13(12)16/h1-6,18H,7,17H2. The van der Waals surface area contributed by atoms with Crippen molar-refractivity contribution in [2.24, 2.45) is 5.73 Å². The molecule has 0 saturated carbocycles. The van der Waals surface area contributed by atoms with Gasteiger partial charge in [0.25, 0.3) is 10.0 Å². The largest absolute Gasteiger partial charge is 0.326 e. The second-order valence-electron chi connectivity index (χ2n) is 4.19. The van der Waals surface area contributed by atoms with Gasteiger partial charge in [0.1, 0.15) is 4.90 Å². The van der Waals surface area contributed by atoms with Gasteiger partial charge in [-0.05, 0) is 42.0 Å². The molecule has 2 aromatic carbocycles.